The lowest BCUT2D eigenvalue weighted by Gasteiger charge is -2.34. The average Bonchev–Trinajstić information content (AvgIpc) is 2.66. The highest BCUT2D eigenvalue weighted by molar-refractivity contribution is 7.91. The maximum absolute atomic E-state index is 13.0. The summed E-state index contributed by atoms with van der Waals surface area (Å²) in [6, 6.07) is 7.13. The SMILES string of the molecule is CCOC(=O)C=Cc1cccc([N+]2(S(=O)(=O)CC)C=C(CN)C=CC2)c1. The minimum Gasteiger partial charge on any atom is -0.463 e. The lowest BCUT2D eigenvalue weighted by Crippen LogP contribution is -2.51. The molecule has 2 N–H and O–H groups in total. The van der Waals surface area contributed by atoms with Gasteiger partial charge in [-0.3, -0.25) is 0 Å². The molecule has 0 spiro atoms. The number of ether oxygens (including phenoxy) is 1. The van der Waals surface area contributed by atoms with E-state index in [1.807, 2.05) is 18.2 Å². The van der Waals surface area contributed by atoms with Crippen LogP contribution in [0, 0.1) is 0 Å². The number of quaternary nitrogens is 1. The Morgan fingerprint density at radius 3 is 2.77 bits per heavy atom. The maximum atomic E-state index is 13.0. The van der Waals surface area contributed by atoms with Crippen molar-refractivity contribution in [1.29, 1.82) is 0 Å². The second-order valence-corrected chi connectivity index (χ2v) is 8.23. The Kier molecular flexibility index (Phi) is 6.52. The van der Waals surface area contributed by atoms with Crippen LogP contribution in [0.3, 0.4) is 0 Å². The van der Waals surface area contributed by atoms with E-state index in [1.165, 1.54) is 6.08 Å². The average molecular weight is 377 g/mol. The largest absolute Gasteiger partial charge is 0.463 e. The Balaban J connectivity index is 2.51. The van der Waals surface area contributed by atoms with E-state index in [0.717, 1.165) is 11.1 Å². The predicted octanol–water partition coefficient (Wildman–Crippen LogP) is 2.33. The monoisotopic (exact) mass is 377 g/mol. The van der Waals surface area contributed by atoms with E-state index in [9.17, 15) is 13.2 Å². The Morgan fingerprint density at radius 2 is 2.12 bits per heavy atom. The van der Waals surface area contributed by atoms with Gasteiger partial charge in [-0.1, -0.05) is 18.2 Å². The molecular formula is C19H25N2O4S+. The summed E-state index contributed by atoms with van der Waals surface area (Å²) < 4.78 is 30.5. The van der Waals surface area contributed by atoms with E-state index < -0.39 is 16.0 Å². The van der Waals surface area contributed by atoms with Gasteiger partial charge in [-0.05, 0) is 31.6 Å². The molecule has 26 heavy (non-hydrogen) atoms. The lowest BCUT2D eigenvalue weighted by atomic mass is 10.1. The van der Waals surface area contributed by atoms with E-state index >= 15 is 0 Å². The summed E-state index contributed by atoms with van der Waals surface area (Å²) >= 11 is 0. The first-order valence-corrected chi connectivity index (χ1v) is 10.1. The number of rotatable bonds is 7. The van der Waals surface area contributed by atoms with Gasteiger partial charge in [-0.15, -0.1) is 0 Å². The molecule has 1 unspecified atom stereocenters. The number of sulfonamides is 1. The molecule has 1 aromatic carbocycles. The van der Waals surface area contributed by atoms with Gasteiger partial charge in [-0.25, -0.2) is 4.79 Å². The quantitative estimate of drug-likeness (QED) is 0.448. The number of carbonyl (C=O) groups excluding carboxylic acids is 1. The molecule has 140 valence electrons. The van der Waals surface area contributed by atoms with Crippen molar-refractivity contribution in [2.75, 3.05) is 25.4 Å². The number of hydrogen-bond acceptors (Lipinski definition) is 5. The Morgan fingerprint density at radius 1 is 1.35 bits per heavy atom. The van der Waals surface area contributed by atoms with Crippen molar-refractivity contribution in [1.82, 2.24) is 3.89 Å². The third kappa shape index (κ3) is 4.12. The highest BCUT2D eigenvalue weighted by Gasteiger charge is 2.42. The molecule has 0 saturated carbocycles. The number of nitrogens with two attached hydrogens (primary N) is 1. The lowest BCUT2D eigenvalue weighted by molar-refractivity contribution is -0.137. The minimum absolute atomic E-state index is 0.00190. The van der Waals surface area contributed by atoms with E-state index in [0.29, 0.717) is 18.8 Å². The van der Waals surface area contributed by atoms with E-state index in [-0.39, 0.29) is 16.2 Å². The van der Waals surface area contributed by atoms with Gasteiger partial charge in [-0.2, -0.15) is 12.3 Å². The predicted molar refractivity (Wildman–Crippen MR) is 105 cm³/mol. The van der Waals surface area contributed by atoms with Crippen molar-refractivity contribution in [3.8, 4) is 0 Å². The minimum atomic E-state index is -3.50. The van der Waals surface area contributed by atoms with Crippen LogP contribution in [0.15, 0.2) is 54.3 Å². The zero-order valence-corrected chi connectivity index (χ0v) is 15.9. The standard InChI is InChI=1S/C19H25N2O4S/c1-3-25-19(22)11-10-16-7-5-9-18(13-16)21(26(23,24)4-2)12-6-8-17(14-20)15-21/h5-11,13,15H,3-4,12,14,20H2,1-2H3/q+1. The molecule has 1 atom stereocenters. The fourth-order valence-corrected chi connectivity index (χ4v) is 4.33. The van der Waals surface area contributed by atoms with Gasteiger partial charge < -0.3 is 10.5 Å². The number of hydrogen-bond donors (Lipinski definition) is 1. The first-order valence-electron chi connectivity index (χ1n) is 8.53. The van der Waals surface area contributed by atoms with Crippen molar-refractivity contribution in [3.63, 3.8) is 0 Å². The first-order chi connectivity index (χ1) is 12.4. The molecule has 0 radical (unpaired) electrons. The van der Waals surface area contributed by atoms with Gasteiger partial charge in [0, 0.05) is 30.3 Å². The second kappa shape index (κ2) is 8.44. The molecule has 1 aromatic rings. The fraction of sp³-hybridized carbons (Fsp3) is 0.316. The molecule has 0 amide bonds. The number of benzene rings is 1. The second-order valence-electron chi connectivity index (χ2n) is 5.84. The molecule has 1 aliphatic rings. The van der Waals surface area contributed by atoms with E-state index in [4.69, 9.17) is 10.5 Å². The Labute approximate surface area is 154 Å². The van der Waals surface area contributed by atoms with Crippen molar-refractivity contribution in [2.24, 2.45) is 5.73 Å². The summed E-state index contributed by atoms with van der Waals surface area (Å²) in [5, 5.41) is 0. The summed E-state index contributed by atoms with van der Waals surface area (Å²) in [5.74, 6) is -0.438. The Hall–Kier alpha value is -2.22. The van der Waals surface area contributed by atoms with Crippen LogP contribution < -0.4 is 9.62 Å². The molecule has 1 heterocycles. The van der Waals surface area contributed by atoms with Gasteiger partial charge >= 0.3 is 16.0 Å². The topological polar surface area (TPSA) is 86.5 Å². The van der Waals surface area contributed by atoms with Crippen LogP contribution in [-0.2, 0) is 19.6 Å². The van der Waals surface area contributed by atoms with E-state index in [2.05, 4.69) is 0 Å². The molecule has 6 nitrogen and oxygen atoms in total. The molecule has 0 fully saturated rings. The van der Waals surface area contributed by atoms with Crippen molar-refractivity contribution in [2.45, 2.75) is 13.8 Å². The first kappa shape index (κ1) is 20.1. The van der Waals surface area contributed by atoms with E-state index in [1.54, 1.807) is 44.3 Å². The third-order valence-electron chi connectivity index (χ3n) is 4.19. The third-order valence-corrected chi connectivity index (χ3v) is 6.37. The molecule has 0 saturated heterocycles. The van der Waals surface area contributed by atoms with Crippen molar-refractivity contribution < 1.29 is 17.9 Å². The van der Waals surface area contributed by atoms with Crippen LogP contribution in [0.25, 0.3) is 6.08 Å². The summed E-state index contributed by atoms with van der Waals surface area (Å²) in [4.78, 5) is 11.5. The number of nitrogens with zero attached hydrogens (tertiary/aromatic N) is 1. The summed E-state index contributed by atoms with van der Waals surface area (Å²) in [5.41, 5.74) is 7.83. The summed E-state index contributed by atoms with van der Waals surface area (Å²) in [7, 11) is -3.50. The molecule has 0 aliphatic carbocycles. The molecule has 0 aromatic heterocycles. The maximum Gasteiger partial charge on any atom is 0.330 e. The normalized spacial score (nSPS) is 20.2. The van der Waals surface area contributed by atoms with Gasteiger partial charge in [0.1, 0.15) is 12.7 Å². The van der Waals surface area contributed by atoms with Gasteiger partial charge in [0.05, 0.1) is 12.4 Å². The van der Waals surface area contributed by atoms with Crippen LogP contribution in [0.2, 0.25) is 0 Å². The van der Waals surface area contributed by atoms with Crippen molar-refractivity contribution >= 4 is 27.8 Å². The highest BCUT2D eigenvalue weighted by Crippen LogP contribution is 2.33. The number of esters is 1. The molecule has 1 aliphatic heterocycles. The van der Waals surface area contributed by atoms with Crippen LogP contribution in [0.1, 0.15) is 19.4 Å². The fourth-order valence-electron chi connectivity index (χ4n) is 2.83. The van der Waals surface area contributed by atoms with Gasteiger partial charge in [0.2, 0.25) is 0 Å². The van der Waals surface area contributed by atoms with Crippen molar-refractivity contribution in [3.05, 3.63) is 59.8 Å². The molecular weight excluding hydrogens is 352 g/mol. The van der Waals surface area contributed by atoms with Crippen LogP contribution >= 0.6 is 0 Å². The number of carbonyl (C=O) groups is 1. The Bertz CT molecular complexity index is 856. The van der Waals surface area contributed by atoms with Crippen LogP contribution in [0.4, 0.5) is 5.69 Å². The molecule has 2 rings (SSSR count). The van der Waals surface area contributed by atoms with Gasteiger partial charge in [0.15, 0.2) is 5.69 Å². The molecule has 7 heteroatoms. The highest BCUT2D eigenvalue weighted by atomic mass is 32.2. The summed E-state index contributed by atoms with van der Waals surface area (Å²) in [6.07, 6.45) is 8.33. The zero-order chi connectivity index (χ0) is 19.2. The van der Waals surface area contributed by atoms with Gasteiger partial charge in [0.25, 0.3) is 0 Å². The van der Waals surface area contributed by atoms with Crippen LogP contribution in [0.5, 0.6) is 0 Å². The summed E-state index contributed by atoms with van der Waals surface area (Å²) in [6.45, 7) is 4.23. The zero-order valence-electron chi connectivity index (χ0n) is 15.1. The van der Waals surface area contributed by atoms with Crippen LogP contribution in [-0.4, -0.2) is 39.8 Å². The molecule has 0 bridgehead atoms. The smallest absolute Gasteiger partial charge is 0.330 e.